The lowest BCUT2D eigenvalue weighted by Gasteiger charge is -2.07. The van der Waals surface area contributed by atoms with E-state index in [1.165, 1.54) is 6.07 Å². The van der Waals surface area contributed by atoms with Gasteiger partial charge in [0.25, 0.3) is 0 Å². The number of benzene rings is 1. The first kappa shape index (κ1) is 11.3. The summed E-state index contributed by atoms with van der Waals surface area (Å²) in [6.07, 6.45) is 0. The molecule has 0 aliphatic rings. The van der Waals surface area contributed by atoms with Gasteiger partial charge in [0, 0.05) is 16.2 Å². The van der Waals surface area contributed by atoms with Gasteiger partial charge in [-0.15, -0.1) is 0 Å². The van der Waals surface area contributed by atoms with Crippen molar-refractivity contribution in [3.8, 4) is 5.75 Å². The van der Waals surface area contributed by atoms with Crippen LogP contribution in [0.1, 0.15) is 16.7 Å². The normalized spacial score (nSPS) is 11.6. The van der Waals surface area contributed by atoms with Crippen molar-refractivity contribution in [3.05, 3.63) is 28.8 Å². The smallest absolute Gasteiger partial charge is 0.236 e. The number of aromatic hydroxyl groups is 1. The monoisotopic (exact) mass is 234 g/mol. The van der Waals surface area contributed by atoms with E-state index in [9.17, 15) is 13.5 Å². The first-order valence-corrected chi connectivity index (χ1v) is 6.49. The van der Waals surface area contributed by atoms with Crippen LogP contribution in [0.3, 0.4) is 0 Å². The van der Waals surface area contributed by atoms with Gasteiger partial charge in [-0.1, -0.05) is 6.07 Å². The van der Waals surface area contributed by atoms with Gasteiger partial charge in [0.2, 0.25) is 9.05 Å². The van der Waals surface area contributed by atoms with Crippen molar-refractivity contribution in [1.82, 2.24) is 0 Å². The summed E-state index contributed by atoms with van der Waals surface area (Å²) >= 11 is 0. The molecule has 0 bridgehead atoms. The van der Waals surface area contributed by atoms with Crippen molar-refractivity contribution < 1.29 is 13.5 Å². The molecule has 0 heterocycles. The van der Waals surface area contributed by atoms with E-state index in [0.29, 0.717) is 5.56 Å². The van der Waals surface area contributed by atoms with Gasteiger partial charge in [0.15, 0.2) is 0 Å². The predicted octanol–water partition coefficient (Wildman–Crippen LogP) is 2.08. The third-order valence-electron chi connectivity index (χ3n) is 1.91. The zero-order valence-electron chi connectivity index (χ0n) is 7.91. The Bertz CT molecular complexity index is 428. The van der Waals surface area contributed by atoms with Crippen LogP contribution in [-0.4, -0.2) is 13.5 Å². The highest BCUT2D eigenvalue weighted by atomic mass is 35.7. The zero-order chi connectivity index (χ0) is 10.9. The van der Waals surface area contributed by atoms with Gasteiger partial charge in [0.05, 0.1) is 5.75 Å². The minimum Gasteiger partial charge on any atom is -0.508 e. The molecule has 78 valence electrons. The van der Waals surface area contributed by atoms with E-state index in [0.717, 1.165) is 11.1 Å². The summed E-state index contributed by atoms with van der Waals surface area (Å²) in [6.45, 7) is 3.57. The molecule has 0 saturated heterocycles. The Morgan fingerprint density at radius 3 is 2.36 bits per heavy atom. The molecule has 0 amide bonds. The van der Waals surface area contributed by atoms with E-state index in [4.69, 9.17) is 10.7 Å². The molecule has 1 N–H and O–H groups in total. The highest BCUT2D eigenvalue weighted by Gasteiger charge is 2.13. The topological polar surface area (TPSA) is 54.4 Å². The molecule has 1 aromatic carbocycles. The van der Waals surface area contributed by atoms with Crippen molar-refractivity contribution in [2.24, 2.45) is 0 Å². The summed E-state index contributed by atoms with van der Waals surface area (Å²) in [7, 11) is 1.49. The van der Waals surface area contributed by atoms with E-state index in [-0.39, 0.29) is 11.5 Å². The van der Waals surface area contributed by atoms with Crippen molar-refractivity contribution in [2.45, 2.75) is 19.6 Å². The van der Waals surface area contributed by atoms with Crippen LogP contribution in [-0.2, 0) is 14.8 Å². The Morgan fingerprint density at radius 2 is 1.93 bits per heavy atom. The lowest BCUT2D eigenvalue weighted by atomic mass is 10.1. The van der Waals surface area contributed by atoms with Gasteiger partial charge < -0.3 is 5.11 Å². The standard InChI is InChI=1S/C9H11ClO3S/c1-6-3-7(2)8(9(11)4-6)5-14(10,12)13/h3-4,11H,5H2,1-2H3. The molecule has 0 unspecified atom stereocenters. The molecule has 0 atom stereocenters. The summed E-state index contributed by atoms with van der Waals surface area (Å²) in [5, 5.41) is 9.51. The highest BCUT2D eigenvalue weighted by Crippen LogP contribution is 2.25. The quantitative estimate of drug-likeness (QED) is 0.798. The molecule has 0 spiro atoms. The lowest BCUT2D eigenvalue weighted by molar-refractivity contribution is 0.469. The number of halogens is 1. The molecule has 3 nitrogen and oxygen atoms in total. The van der Waals surface area contributed by atoms with Crippen molar-refractivity contribution in [3.63, 3.8) is 0 Å². The van der Waals surface area contributed by atoms with Crippen LogP contribution in [0.4, 0.5) is 0 Å². The van der Waals surface area contributed by atoms with E-state index < -0.39 is 9.05 Å². The number of hydrogen-bond acceptors (Lipinski definition) is 3. The molecular formula is C9H11ClO3S. The third-order valence-corrected chi connectivity index (χ3v) is 2.87. The summed E-state index contributed by atoms with van der Waals surface area (Å²) in [5.74, 6) is -0.362. The number of rotatable bonds is 2. The van der Waals surface area contributed by atoms with E-state index in [1.807, 2.05) is 6.92 Å². The molecule has 14 heavy (non-hydrogen) atoms. The van der Waals surface area contributed by atoms with Gasteiger partial charge in [0.1, 0.15) is 5.75 Å². The van der Waals surface area contributed by atoms with Gasteiger partial charge in [-0.3, -0.25) is 0 Å². The maximum Gasteiger partial charge on any atom is 0.236 e. The maximum absolute atomic E-state index is 10.8. The van der Waals surface area contributed by atoms with Crippen LogP contribution in [0.25, 0.3) is 0 Å². The lowest BCUT2D eigenvalue weighted by Crippen LogP contribution is -1.98. The number of phenolic OH excluding ortho intramolecular Hbond substituents is 1. The second kappa shape index (κ2) is 3.79. The van der Waals surface area contributed by atoms with Crippen LogP contribution >= 0.6 is 10.7 Å². The number of hydrogen-bond donors (Lipinski definition) is 1. The molecule has 0 radical (unpaired) electrons. The van der Waals surface area contributed by atoms with Crippen molar-refractivity contribution in [2.75, 3.05) is 0 Å². The Morgan fingerprint density at radius 1 is 1.36 bits per heavy atom. The predicted molar refractivity (Wildman–Crippen MR) is 56.1 cm³/mol. The number of aryl methyl sites for hydroxylation is 2. The minimum absolute atomic E-state index is 0.0216. The average molecular weight is 235 g/mol. The molecule has 1 rings (SSSR count). The van der Waals surface area contributed by atoms with Crippen LogP contribution in [0.5, 0.6) is 5.75 Å². The first-order chi connectivity index (χ1) is 6.29. The fourth-order valence-electron chi connectivity index (χ4n) is 1.34. The Balaban J connectivity index is 3.22. The highest BCUT2D eigenvalue weighted by molar-refractivity contribution is 8.13. The van der Waals surface area contributed by atoms with E-state index >= 15 is 0 Å². The maximum atomic E-state index is 10.8. The van der Waals surface area contributed by atoms with Crippen LogP contribution in [0.15, 0.2) is 12.1 Å². The first-order valence-electron chi connectivity index (χ1n) is 4.01. The largest absolute Gasteiger partial charge is 0.508 e. The fourth-order valence-corrected chi connectivity index (χ4v) is 2.38. The molecule has 0 saturated carbocycles. The molecule has 1 aromatic rings. The Labute approximate surface area is 87.8 Å². The molecule has 0 aliphatic heterocycles. The SMILES string of the molecule is Cc1cc(C)c(CS(=O)(=O)Cl)c(O)c1. The second-order valence-corrected chi connectivity index (χ2v) is 6.04. The second-order valence-electron chi connectivity index (χ2n) is 3.26. The van der Waals surface area contributed by atoms with Crippen molar-refractivity contribution in [1.29, 1.82) is 0 Å². The van der Waals surface area contributed by atoms with Crippen LogP contribution < -0.4 is 0 Å². The molecule has 0 aromatic heterocycles. The van der Waals surface area contributed by atoms with Gasteiger partial charge >= 0.3 is 0 Å². The van der Waals surface area contributed by atoms with Crippen LogP contribution in [0, 0.1) is 13.8 Å². The van der Waals surface area contributed by atoms with Gasteiger partial charge in [-0.25, -0.2) is 8.42 Å². The summed E-state index contributed by atoms with van der Waals surface area (Å²) < 4.78 is 21.7. The number of phenols is 1. The van der Waals surface area contributed by atoms with Crippen molar-refractivity contribution >= 4 is 19.7 Å². The molecule has 5 heteroatoms. The summed E-state index contributed by atoms with van der Waals surface area (Å²) in [6, 6.07) is 3.32. The molecule has 0 fully saturated rings. The molecule has 0 aliphatic carbocycles. The zero-order valence-corrected chi connectivity index (χ0v) is 9.48. The minimum atomic E-state index is -3.62. The van der Waals surface area contributed by atoms with Gasteiger partial charge in [-0.05, 0) is 31.0 Å². The fraction of sp³-hybridized carbons (Fsp3) is 0.333. The Hall–Kier alpha value is -0.740. The third kappa shape index (κ3) is 2.89. The molecular weight excluding hydrogens is 224 g/mol. The van der Waals surface area contributed by atoms with E-state index in [2.05, 4.69) is 0 Å². The average Bonchev–Trinajstić information content (AvgIpc) is 1.95. The van der Waals surface area contributed by atoms with Gasteiger partial charge in [-0.2, -0.15) is 0 Å². The van der Waals surface area contributed by atoms with E-state index in [1.54, 1.807) is 13.0 Å². The summed E-state index contributed by atoms with van der Waals surface area (Å²) in [5.41, 5.74) is 1.98. The van der Waals surface area contributed by atoms with Crippen LogP contribution in [0.2, 0.25) is 0 Å². The Kier molecular flexibility index (Phi) is 3.07. The summed E-state index contributed by atoms with van der Waals surface area (Å²) in [4.78, 5) is 0.